The van der Waals surface area contributed by atoms with Gasteiger partial charge in [0, 0.05) is 5.56 Å². The largest absolute Gasteiger partial charge is 0.481 e. The fourth-order valence-electron chi connectivity index (χ4n) is 2.14. The van der Waals surface area contributed by atoms with Crippen molar-refractivity contribution in [3.05, 3.63) is 54.1 Å². The van der Waals surface area contributed by atoms with Gasteiger partial charge in [0.1, 0.15) is 5.75 Å². The van der Waals surface area contributed by atoms with Crippen LogP contribution in [0.4, 0.5) is 0 Å². The predicted molar refractivity (Wildman–Crippen MR) is 86.4 cm³/mol. The normalized spacial score (nSPS) is 12.2. The molecule has 1 aromatic carbocycles. The van der Waals surface area contributed by atoms with E-state index in [9.17, 15) is 0 Å². The predicted octanol–water partition coefficient (Wildman–Crippen LogP) is 3.99. The molecule has 0 saturated heterocycles. The van der Waals surface area contributed by atoms with Crippen LogP contribution < -0.4 is 4.74 Å². The molecule has 1 atom stereocenters. The number of hydrogen-bond donors (Lipinski definition) is 0. The molecule has 0 N–H and O–H groups in total. The molecule has 0 spiro atoms. The van der Waals surface area contributed by atoms with Gasteiger partial charge in [0.25, 0.3) is 5.89 Å². The summed E-state index contributed by atoms with van der Waals surface area (Å²) in [5.74, 6) is 2.15. The van der Waals surface area contributed by atoms with Crippen molar-refractivity contribution in [1.29, 1.82) is 0 Å². The highest BCUT2D eigenvalue weighted by molar-refractivity contribution is 7.13. The molecule has 0 saturated carbocycles. The van der Waals surface area contributed by atoms with Crippen LogP contribution in [0.1, 0.15) is 18.9 Å². The van der Waals surface area contributed by atoms with Gasteiger partial charge in [-0.3, -0.25) is 0 Å². The van der Waals surface area contributed by atoms with E-state index >= 15 is 0 Å². The Labute approximate surface area is 140 Å². The van der Waals surface area contributed by atoms with Crippen molar-refractivity contribution in [2.24, 2.45) is 0 Å². The number of benzene rings is 1. The van der Waals surface area contributed by atoms with E-state index in [1.54, 1.807) is 11.3 Å². The zero-order chi connectivity index (χ0) is 16.4. The third-order valence-electron chi connectivity index (χ3n) is 3.31. The average Bonchev–Trinajstić information content (AvgIpc) is 3.35. The molecule has 0 unspecified atom stereocenters. The number of thiophene rings is 1. The van der Waals surface area contributed by atoms with E-state index in [4.69, 9.17) is 13.7 Å². The molecule has 120 valence electrons. The van der Waals surface area contributed by atoms with Crippen molar-refractivity contribution in [3.63, 3.8) is 0 Å². The monoisotopic (exact) mass is 340 g/mol. The van der Waals surface area contributed by atoms with Gasteiger partial charge in [-0.1, -0.05) is 11.2 Å². The average molecular weight is 340 g/mol. The first-order valence-electron chi connectivity index (χ1n) is 7.20. The lowest BCUT2D eigenvalue weighted by atomic mass is 10.2. The molecule has 0 aliphatic rings. The van der Waals surface area contributed by atoms with Crippen LogP contribution in [0.2, 0.25) is 0 Å². The summed E-state index contributed by atoms with van der Waals surface area (Å²) in [7, 11) is 0. The lowest BCUT2D eigenvalue weighted by molar-refractivity contribution is 0.176. The summed E-state index contributed by atoms with van der Waals surface area (Å²) in [6.45, 7) is 1.86. The van der Waals surface area contributed by atoms with E-state index in [1.165, 1.54) is 6.39 Å². The van der Waals surface area contributed by atoms with Gasteiger partial charge in [-0.15, -0.1) is 21.5 Å². The highest BCUT2D eigenvalue weighted by Gasteiger charge is 2.17. The maximum absolute atomic E-state index is 5.84. The maximum Gasteiger partial charge on any atom is 0.267 e. The summed E-state index contributed by atoms with van der Waals surface area (Å²) >= 11 is 1.56. The molecule has 3 heterocycles. The van der Waals surface area contributed by atoms with E-state index in [-0.39, 0.29) is 6.10 Å². The van der Waals surface area contributed by atoms with Crippen LogP contribution in [-0.4, -0.2) is 20.3 Å². The molecule has 0 aliphatic heterocycles. The quantitative estimate of drug-likeness (QED) is 0.543. The van der Waals surface area contributed by atoms with Gasteiger partial charge in [0.05, 0.1) is 4.88 Å². The first kappa shape index (κ1) is 14.6. The summed E-state index contributed by atoms with van der Waals surface area (Å²) in [5, 5.41) is 13.5. The first-order valence-corrected chi connectivity index (χ1v) is 8.08. The summed E-state index contributed by atoms with van der Waals surface area (Å²) in [4.78, 5) is 5.34. The molecule has 7 nitrogen and oxygen atoms in total. The van der Waals surface area contributed by atoms with Crippen molar-refractivity contribution >= 4 is 11.3 Å². The molecular formula is C16H12N4O3S. The maximum atomic E-state index is 5.84. The molecule has 4 rings (SSSR count). The van der Waals surface area contributed by atoms with Gasteiger partial charge in [-0.05, 0) is 42.6 Å². The van der Waals surface area contributed by atoms with E-state index in [1.807, 2.05) is 48.7 Å². The van der Waals surface area contributed by atoms with E-state index in [0.717, 1.165) is 10.4 Å². The Morgan fingerprint density at radius 3 is 2.75 bits per heavy atom. The van der Waals surface area contributed by atoms with Crippen molar-refractivity contribution in [1.82, 2.24) is 20.3 Å². The fourth-order valence-corrected chi connectivity index (χ4v) is 2.78. The van der Waals surface area contributed by atoms with E-state index in [0.29, 0.717) is 23.4 Å². The second-order valence-electron chi connectivity index (χ2n) is 4.96. The van der Waals surface area contributed by atoms with Crippen LogP contribution in [0.25, 0.3) is 22.2 Å². The first-order chi connectivity index (χ1) is 11.8. The number of aromatic nitrogens is 4. The van der Waals surface area contributed by atoms with Gasteiger partial charge < -0.3 is 13.7 Å². The van der Waals surface area contributed by atoms with Crippen molar-refractivity contribution in [2.75, 3.05) is 0 Å². The Hall–Kier alpha value is -3.00. The molecule has 0 aliphatic carbocycles. The Bertz CT molecular complexity index is 901. The van der Waals surface area contributed by atoms with Crippen LogP contribution in [-0.2, 0) is 0 Å². The third-order valence-corrected chi connectivity index (χ3v) is 4.17. The van der Waals surface area contributed by atoms with Gasteiger partial charge >= 0.3 is 0 Å². The van der Waals surface area contributed by atoms with Crippen LogP contribution in [0, 0.1) is 0 Å². The number of ether oxygens (including phenoxy) is 1. The Kier molecular flexibility index (Phi) is 3.80. The highest BCUT2D eigenvalue weighted by atomic mass is 32.1. The Morgan fingerprint density at radius 2 is 2.04 bits per heavy atom. The number of rotatable bonds is 5. The van der Waals surface area contributed by atoms with Crippen LogP contribution in [0.15, 0.2) is 57.1 Å². The Balaban J connectivity index is 1.47. The second-order valence-corrected chi connectivity index (χ2v) is 5.91. The molecule has 3 aromatic heterocycles. The standard InChI is InChI=1S/C16H12N4O3S/c1-10(15-18-14(20-23-15)13-3-2-8-24-13)22-12-6-4-11(5-7-12)16-19-17-9-21-16/h2-10H,1H3/t10-/m1/s1. The lowest BCUT2D eigenvalue weighted by Crippen LogP contribution is -2.03. The van der Waals surface area contributed by atoms with E-state index < -0.39 is 0 Å². The molecule has 0 fully saturated rings. The molecule has 8 heteroatoms. The molecule has 0 bridgehead atoms. The minimum atomic E-state index is -0.361. The summed E-state index contributed by atoms with van der Waals surface area (Å²) in [6.07, 6.45) is 0.934. The van der Waals surface area contributed by atoms with Gasteiger partial charge in [0.2, 0.25) is 18.1 Å². The highest BCUT2D eigenvalue weighted by Crippen LogP contribution is 2.26. The smallest absolute Gasteiger partial charge is 0.267 e. The van der Waals surface area contributed by atoms with Gasteiger partial charge in [-0.2, -0.15) is 4.98 Å². The van der Waals surface area contributed by atoms with E-state index in [2.05, 4.69) is 20.3 Å². The SMILES string of the molecule is C[C@@H](Oc1ccc(-c2nnco2)cc1)c1nc(-c2cccs2)no1. The fraction of sp³-hybridized carbons (Fsp3) is 0.125. The van der Waals surface area contributed by atoms with Gasteiger partial charge in [-0.25, -0.2) is 0 Å². The third kappa shape index (κ3) is 2.91. The summed E-state index contributed by atoms with van der Waals surface area (Å²) in [5.41, 5.74) is 0.824. The molecule has 0 amide bonds. The molecule has 24 heavy (non-hydrogen) atoms. The van der Waals surface area contributed by atoms with Crippen LogP contribution in [0.3, 0.4) is 0 Å². The zero-order valence-electron chi connectivity index (χ0n) is 12.6. The number of nitrogens with zero attached hydrogens (tertiary/aromatic N) is 4. The molecule has 4 aromatic rings. The summed E-state index contributed by atoms with van der Waals surface area (Å²) < 4.78 is 16.3. The van der Waals surface area contributed by atoms with Crippen LogP contribution >= 0.6 is 11.3 Å². The van der Waals surface area contributed by atoms with Crippen LogP contribution in [0.5, 0.6) is 5.75 Å². The minimum absolute atomic E-state index is 0.361. The zero-order valence-corrected chi connectivity index (χ0v) is 13.4. The van der Waals surface area contributed by atoms with Crippen molar-refractivity contribution in [2.45, 2.75) is 13.0 Å². The van der Waals surface area contributed by atoms with Gasteiger partial charge in [0.15, 0.2) is 6.10 Å². The molecular weight excluding hydrogens is 328 g/mol. The minimum Gasteiger partial charge on any atom is -0.481 e. The lowest BCUT2D eigenvalue weighted by Gasteiger charge is -2.10. The second kappa shape index (κ2) is 6.25. The number of hydrogen-bond acceptors (Lipinski definition) is 8. The Morgan fingerprint density at radius 1 is 1.17 bits per heavy atom. The van der Waals surface area contributed by atoms with Crippen molar-refractivity contribution in [3.8, 4) is 27.9 Å². The van der Waals surface area contributed by atoms with Crippen molar-refractivity contribution < 1.29 is 13.7 Å². The topological polar surface area (TPSA) is 87.1 Å². The molecule has 0 radical (unpaired) electrons. The summed E-state index contributed by atoms with van der Waals surface area (Å²) in [6, 6.07) is 11.2.